The average Bonchev–Trinajstić information content (AvgIpc) is 3.11. The van der Waals surface area contributed by atoms with Crippen molar-refractivity contribution in [3.8, 4) is 11.4 Å². The molecule has 0 radical (unpaired) electrons. The molecule has 0 spiro atoms. The predicted molar refractivity (Wildman–Crippen MR) is 116 cm³/mol. The first-order valence-electron chi connectivity index (χ1n) is 10.4. The highest BCUT2D eigenvalue weighted by Crippen LogP contribution is 2.40. The first-order chi connectivity index (χ1) is 14.0. The molecule has 0 saturated heterocycles. The summed E-state index contributed by atoms with van der Waals surface area (Å²) in [6.45, 7) is 2.55. The SMILES string of the molecule is CC1(Cl)CCCCCC(c2cc(-c3ccccn3)nn2Cc2ccccc2F)C1. The maximum Gasteiger partial charge on any atom is 0.128 e. The number of hydrogen-bond acceptors (Lipinski definition) is 2. The Morgan fingerprint density at radius 2 is 1.93 bits per heavy atom. The fourth-order valence-corrected chi connectivity index (χ4v) is 4.67. The number of halogens is 2. The molecule has 2 aromatic heterocycles. The highest BCUT2D eigenvalue weighted by Gasteiger charge is 2.30. The van der Waals surface area contributed by atoms with E-state index >= 15 is 0 Å². The standard InChI is InChI=1S/C24H27ClFN3/c1-24(25)13-7-2-3-9-18(16-24)23-15-22(21-12-6-8-14-27-21)28-29(23)17-19-10-4-5-11-20(19)26/h4-6,8,10-12,14-15,18H,2-3,7,9,13,16-17H2,1H3. The summed E-state index contributed by atoms with van der Waals surface area (Å²) in [5, 5.41) is 4.84. The lowest BCUT2D eigenvalue weighted by atomic mass is 9.82. The second-order valence-electron chi connectivity index (χ2n) is 8.33. The van der Waals surface area contributed by atoms with Crippen molar-refractivity contribution in [2.24, 2.45) is 0 Å². The molecule has 3 nitrogen and oxygen atoms in total. The van der Waals surface area contributed by atoms with Crippen LogP contribution in [0.15, 0.2) is 54.7 Å². The third-order valence-corrected chi connectivity index (χ3v) is 6.20. The van der Waals surface area contributed by atoms with E-state index in [1.807, 2.05) is 35.0 Å². The van der Waals surface area contributed by atoms with Crippen LogP contribution in [0.25, 0.3) is 11.4 Å². The molecule has 2 unspecified atom stereocenters. The number of alkyl halides is 1. The van der Waals surface area contributed by atoms with Gasteiger partial charge in [-0.15, -0.1) is 11.6 Å². The molecule has 1 fully saturated rings. The molecule has 152 valence electrons. The summed E-state index contributed by atoms with van der Waals surface area (Å²) in [6, 6.07) is 14.9. The van der Waals surface area contributed by atoms with Crippen LogP contribution in [0.2, 0.25) is 0 Å². The molecule has 1 aliphatic carbocycles. The van der Waals surface area contributed by atoms with Gasteiger partial charge in [0.15, 0.2) is 0 Å². The summed E-state index contributed by atoms with van der Waals surface area (Å²) >= 11 is 6.85. The van der Waals surface area contributed by atoms with Gasteiger partial charge in [-0.1, -0.05) is 43.5 Å². The highest BCUT2D eigenvalue weighted by atomic mass is 35.5. The molecule has 2 heterocycles. The Labute approximate surface area is 176 Å². The van der Waals surface area contributed by atoms with Crippen molar-refractivity contribution in [2.45, 2.75) is 62.8 Å². The van der Waals surface area contributed by atoms with Crippen molar-refractivity contribution >= 4 is 11.6 Å². The predicted octanol–water partition coefficient (Wildman–Crippen LogP) is 6.57. The molecule has 5 heteroatoms. The van der Waals surface area contributed by atoms with Crippen molar-refractivity contribution in [1.82, 2.24) is 14.8 Å². The zero-order chi connectivity index (χ0) is 20.3. The van der Waals surface area contributed by atoms with E-state index in [9.17, 15) is 4.39 Å². The Balaban J connectivity index is 1.74. The van der Waals surface area contributed by atoms with E-state index in [4.69, 9.17) is 16.7 Å². The summed E-state index contributed by atoms with van der Waals surface area (Å²) in [5.74, 6) is 0.0997. The molecule has 0 amide bonds. The van der Waals surface area contributed by atoms with Crippen LogP contribution in [-0.4, -0.2) is 19.6 Å². The number of benzene rings is 1. The van der Waals surface area contributed by atoms with Crippen LogP contribution in [-0.2, 0) is 6.54 Å². The smallest absolute Gasteiger partial charge is 0.128 e. The molecule has 1 aliphatic rings. The number of rotatable bonds is 4. The van der Waals surface area contributed by atoms with E-state index in [1.54, 1.807) is 12.3 Å². The van der Waals surface area contributed by atoms with Crippen LogP contribution in [0.5, 0.6) is 0 Å². The molecule has 0 aliphatic heterocycles. The summed E-state index contributed by atoms with van der Waals surface area (Å²) in [4.78, 5) is 4.24. The largest absolute Gasteiger partial charge is 0.264 e. The number of hydrogen-bond donors (Lipinski definition) is 0. The van der Waals surface area contributed by atoms with E-state index in [0.717, 1.165) is 36.3 Å². The van der Waals surface area contributed by atoms with Gasteiger partial charge in [0, 0.05) is 28.2 Å². The average molecular weight is 412 g/mol. The third-order valence-electron chi connectivity index (χ3n) is 5.86. The molecule has 2 atom stereocenters. The van der Waals surface area contributed by atoms with Gasteiger partial charge in [0.1, 0.15) is 11.5 Å². The lowest BCUT2D eigenvalue weighted by Gasteiger charge is -2.30. The van der Waals surface area contributed by atoms with E-state index < -0.39 is 0 Å². The Hall–Kier alpha value is -2.20. The Morgan fingerprint density at radius 3 is 2.72 bits per heavy atom. The summed E-state index contributed by atoms with van der Waals surface area (Å²) < 4.78 is 16.3. The van der Waals surface area contributed by atoms with Crippen molar-refractivity contribution in [3.05, 3.63) is 71.8 Å². The highest BCUT2D eigenvalue weighted by molar-refractivity contribution is 6.23. The molecule has 29 heavy (non-hydrogen) atoms. The van der Waals surface area contributed by atoms with Gasteiger partial charge >= 0.3 is 0 Å². The second kappa shape index (κ2) is 8.66. The lowest BCUT2D eigenvalue weighted by molar-refractivity contribution is 0.378. The van der Waals surface area contributed by atoms with Crippen molar-refractivity contribution in [3.63, 3.8) is 0 Å². The van der Waals surface area contributed by atoms with Gasteiger partial charge in [-0.3, -0.25) is 9.67 Å². The van der Waals surface area contributed by atoms with Gasteiger partial charge in [-0.2, -0.15) is 5.10 Å². The summed E-state index contributed by atoms with van der Waals surface area (Å²) in [7, 11) is 0. The van der Waals surface area contributed by atoms with Crippen LogP contribution >= 0.6 is 11.6 Å². The van der Waals surface area contributed by atoms with Gasteiger partial charge in [0.2, 0.25) is 0 Å². The van der Waals surface area contributed by atoms with E-state index in [0.29, 0.717) is 18.0 Å². The fourth-order valence-electron chi connectivity index (χ4n) is 4.35. The zero-order valence-corrected chi connectivity index (χ0v) is 17.6. The molecule has 3 aromatic rings. The molecule has 1 aromatic carbocycles. The van der Waals surface area contributed by atoms with Crippen LogP contribution < -0.4 is 0 Å². The van der Waals surface area contributed by atoms with Crippen LogP contribution in [0.3, 0.4) is 0 Å². The Morgan fingerprint density at radius 1 is 1.10 bits per heavy atom. The van der Waals surface area contributed by atoms with E-state index in [1.165, 1.54) is 25.3 Å². The van der Waals surface area contributed by atoms with Crippen molar-refractivity contribution in [1.29, 1.82) is 0 Å². The van der Waals surface area contributed by atoms with Gasteiger partial charge in [0.25, 0.3) is 0 Å². The van der Waals surface area contributed by atoms with Gasteiger partial charge in [-0.05, 0) is 50.5 Å². The maximum absolute atomic E-state index is 14.3. The fraction of sp³-hybridized carbons (Fsp3) is 0.417. The van der Waals surface area contributed by atoms with E-state index in [-0.39, 0.29) is 10.7 Å². The topological polar surface area (TPSA) is 30.7 Å². The Kier molecular flexibility index (Phi) is 6.00. The van der Waals surface area contributed by atoms with Crippen LogP contribution in [0.1, 0.15) is 62.6 Å². The first kappa shape index (κ1) is 20.1. The molecule has 1 saturated carbocycles. The number of pyridine rings is 1. The molecule has 0 N–H and O–H groups in total. The van der Waals surface area contributed by atoms with Crippen LogP contribution in [0.4, 0.5) is 4.39 Å². The minimum absolute atomic E-state index is 0.201. The first-order valence-corrected chi connectivity index (χ1v) is 10.8. The maximum atomic E-state index is 14.3. The van der Waals surface area contributed by atoms with Gasteiger partial charge in [0.05, 0.1) is 12.2 Å². The minimum atomic E-state index is -0.219. The normalized spacial score (nSPS) is 22.8. The van der Waals surface area contributed by atoms with Crippen molar-refractivity contribution < 1.29 is 4.39 Å². The molecule has 0 bridgehead atoms. The van der Waals surface area contributed by atoms with E-state index in [2.05, 4.69) is 18.0 Å². The third kappa shape index (κ3) is 4.87. The second-order valence-corrected chi connectivity index (χ2v) is 9.24. The minimum Gasteiger partial charge on any atom is -0.264 e. The molecular weight excluding hydrogens is 385 g/mol. The molecular formula is C24H27ClFN3. The summed E-state index contributed by atoms with van der Waals surface area (Å²) in [5.41, 5.74) is 3.43. The Bertz CT molecular complexity index is 952. The van der Waals surface area contributed by atoms with Gasteiger partial charge in [-0.25, -0.2) is 4.39 Å². The van der Waals surface area contributed by atoms with Gasteiger partial charge < -0.3 is 0 Å². The monoisotopic (exact) mass is 411 g/mol. The van der Waals surface area contributed by atoms with Crippen molar-refractivity contribution in [2.75, 3.05) is 0 Å². The van der Waals surface area contributed by atoms with Crippen LogP contribution in [0, 0.1) is 5.82 Å². The zero-order valence-electron chi connectivity index (χ0n) is 16.8. The number of nitrogens with zero attached hydrogens (tertiary/aromatic N) is 3. The quantitative estimate of drug-likeness (QED) is 0.454. The summed E-state index contributed by atoms with van der Waals surface area (Å²) in [6.07, 6.45) is 8.34. The molecule has 4 rings (SSSR count). The lowest BCUT2D eigenvalue weighted by Crippen LogP contribution is -2.24. The number of aromatic nitrogens is 3.